The Morgan fingerprint density at radius 2 is 2.12 bits per heavy atom. The molecule has 6 nitrogen and oxygen atoms in total. The molecule has 2 atom stereocenters. The molecule has 2 aliphatic carbocycles. The first kappa shape index (κ1) is 17.5. The summed E-state index contributed by atoms with van der Waals surface area (Å²) in [5, 5.41) is 4.39. The lowest BCUT2D eigenvalue weighted by Crippen LogP contribution is -2.35. The largest absolute Gasteiger partial charge is 0.484 e. The average Bonchev–Trinajstić information content (AvgIpc) is 2.91. The summed E-state index contributed by atoms with van der Waals surface area (Å²) in [5.74, 6) is 0.211. The van der Waals surface area contributed by atoms with Crippen LogP contribution in [-0.2, 0) is 4.79 Å². The van der Waals surface area contributed by atoms with Gasteiger partial charge in [0, 0.05) is 16.7 Å². The van der Waals surface area contributed by atoms with Gasteiger partial charge in [-0.3, -0.25) is 9.59 Å². The second kappa shape index (κ2) is 6.17. The van der Waals surface area contributed by atoms with Crippen molar-refractivity contribution in [2.75, 3.05) is 6.61 Å². The number of benzene rings is 1. The van der Waals surface area contributed by atoms with E-state index in [1.807, 2.05) is 0 Å². The van der Waals surface area contributed by atoms with Crippen molar-refractivity contribution in [1.29, 1.82) is 0 Å². The van der Waals surface area contributed by atoms with Gasteiger partial charge in [0.05, 0.1) is 0 Å². The lowest BCUT2D eigenvalue weighted by atomic mass is 9.70. The normalized spacial score (nSPS) is 28.1. The van der Waals surface area contributed by atoms with Gasteiger partial charge in [0.25, 0.3) is 5.91 Å². The number of carbonyl (C=O) groups excluding carboxylic acids is 2. The van der Waals surface area contributed by atoms with Crippen LogP contribution in [0.15, 0.2) is 29.4 Å². The van der Waals surface area contributed by atoms with Gasteiger partial charge >= 0.3 is 0 Å². The fourth-order valence-electron chi connectivity index (χ4n) is 4.15. The first-order valence-corrected chi connectivity index (χ1v) is 8.62. The van der Waals surface area contributed by atoms with Crippen LogP contribution in [0.25, 0.3) is 0 Å². The van der Waals surface area contributed by atoms with E-state index in [9.17, 15) is 9.59 Å². The van der Waals surface area contributed by atoms with Crippen LogP contribution >= 0.6 is 0 Å². The molecule has 0 radical (unpaired) electrons. The first-order chi connectivity index (χ1) is 11.7. The molecule has 1 aromatic carbocycles. The van der Waals surface area contributed by atoms with Gasteiger partial charge < -0.3 is 10.5 Å². The summed E-state index contributed by atoms with van der Waals surface area (Å²) in [4.78, 5) is 23.2. The maximum Gasteiger partial charge on any atom is 0.277 e. The number of nitrogens with one attached hydrogen (secondary N) is 1. The summed E-state index contributed by atoms with van der Waals surface area (Å²) in [6, 6.07) is 6.44. The maximum atomic E-state index is 12.0. The zero-order valence-corrected chi connectivity index (χ0v) is 15.0. The van der Waals surface area contributed by atoms with E-state index >= 15 is 0 Å². The van der Waals surface area contributed by atoms with E-state index in [0.29, 0.717) is 17.2 Å². The molecule has 0 spiro atoms. The third kappa shape index (κ3) is 3.01. The maximum absolute atomic E-state index is 12.0. The van der Waals surface area contributed by atoms with Crippen LogP contribution in [0.5, 0.6) is 5.75 Å². The summed E-state index contributed by atoms with van der Waals surface area (Å²) in [6.45, 7) is 6.67. The van der Waals surface area contributed by atoms with Crippen molar-refractivity contribution < 1.29 is 14.3 Å². The van der Waals surface area contributed by atoms with Crippen LogP contribution in [0.3, 0.4) is 0 Å². The van der Waals surface area contributed by atoms with Crippen molar-refractivity contribution in [3.8, 4) is 5.75 Å². The predicted octanol–water partition coefficient (Wildman–Crippen LogP) is 2.48. The van der Waals surface area contributed by atoms with E-state index in [2.05, 4.69) is 31.3 Å². The number of rotatable bonds is 5. The number of nitrogens with two attached hydrogens (primary N) is 1. The van der Waals surface area contributed by atoms with E-state index < -0.39 is 5.91 Å². The number of hydrogen-bond donors (Lipinski definition) is 2. The van der Waals surface area contributed by atoms with Crippen LogP contribution in [0, 0.1) is 16.7 Å². The molecular weight excluding hydrogens is 318 g/mol. The van der Waals surface area contributed by atoms with Crippen molar-refractivity contribution in [3.63, 3.8) is 0 Å². The highest BCUT2D eigenvalue weighted by atomic mass is 16.5. The van der Waals surface area contributed by atoms with Crippen molar-refractivity contribution in [2.45, 2.75) is 40.0 Å². The number of fused-ring (bicyclic) bond motifs is 2. The molecule has 2 fully saturated rings. The van der Waals surface area contributed by atoms with Crippen molar-refractivity contribution in [2.24, 2.45) is 27.6 Å². The highest BCUT2D eigenvalue weighted by Gasteiger charge is 2.59. The summed E-state index contributed by atoms with van der Waals surface area (Å²) in [7, 11) is 0. The Bertz CT molecular complexity index is 741. The van der Waals surface area contributed by atoms with Gasteiger partial charge in [-0.25, -0.2) is 5.43 Å². The number of hydrazone groups is 1. The molecule has 0 aliphatic heterocycles. The van der Waals surface area contributed by atoms with Crippen LogP contribution < -0.4 is 15.9 Å². The summed E-state index contributed by atoms with van der Waals surface area (Å²) < 4.78 is 5.41. The molecule has 2 amide bonds. The Kier molecular flexibility index (Phi) is 4.31. The molecule has 1 aromatic rings. The van der Waals surface area contributed by atoms with Crippen molar-refractivity contribution in [1.82, 2.24) is 5.43 Å². The number of nitrogens with zero attached hydrogens (tertiary/aromatic N) is 1. The number of carbonyl (C=O) groups is 2. The zero-order valence-electron chi connectivity index (χ0n) is 15.0. The van der Waals surface area contributed by atoms with E-state index in [1.165, 1.54) is 12.5 Å². The second-order valence-electron chi connectivity index (χ2n) is 7.77. The molecule has 25 heavy (non-hydrogen) atoms. The summed E-state index contributed by atoms with van der Waals surface area (Å²) in [5.41, 5.74) is 9.55. The van der Waals surface area contributed by atoms with E-state index in [-0.39, 0.29) is 23.3 Å². The lowest BCUT2D eigenvalue weighted by Gasteiger charge is -2.34. The highest BCUT2D eigenvalue weighted by Crippen LogP contribution is 2.63. The molecule has 2 aliphatic rings. The Balaban J connectivity index is 1.57. The van der Waals surface area contributed by atoms with Crippen LogP contribution in [0.4, 0.5) is 0 Å². The Labute approximate surface area is 147 Å². The van der Waals surface area contributed by atoms with Crippen molar-refractivity contribution >= 4 is 17.5 Å². The van der Waals surface area contributed by atoms with E-state index in [0.717, 1.165) is 18.6 Å². The molecule has 6 heteroatoms. The van der Waals surface area contributed by atoms with Gasteiger partial charge in [0.2, 0.25) is 5.91 Å². The third-order valence-corrected chi connectivity index (χ3v) is 6.32. The van der Waals surface area contributed by atoms with Crippen molar-refractivity contribution in [3.05, 3.63) is 29.8 Å². The highest BCUT2D eigenvalue weighted by molar-refractivity contribution is 5.95. The number of primary amides is 1. The van der Waals surface area contributed by atoms with Gasteiger partial charge in [0.1, 0.15) is 5.75 Å². The monoisotopic (exact) mass is 343 g/mol. The van der Waals surface area contributed by atoms with E-state index in [4.69, 9.17) is 10.5 Å². The Morgan fingerprint density at radius 1 is 1.36 bits per heavy atom. The first-order valence-electron chi connectivity index (χ1n) is 8.62. The molecule has 0 heterocycles. The number of hydrogen-bond acceptors (Lipinski definition) is 4. The fourth-order valence-corrected chi connectivity index (χ4v) is 4.15. The summed E-state index contributed by atoms with van der Waals surface area (Å²) in [6.07, 6.45) is 3.30. The van der Waals surface area contributed by atoms with Crippen LogP contribution in [-0.4, -0.2) is 24.1 Å². The minimum atomic E-state index is -0.534. The van der Waals surface area contributed by atoms with Gasteiger partial charge in [-0.1, -0.05) is 26.8 Å². The molecule has 2 bridgehead atoms. The summed E-state index contributed by atoms with van der Waals surface area (Å²) >= 11 is 0. The molecule has 134 valence electrons. The molecule has 3 rings (SSSR count). The van der Waals surface area contributed by atoms with Gasteiger partial charge in [-0.15, -0.1) is 0 Å². The quantitative estimate of drug-likeness (QED) is 0.804. The minimum absolute atomic E-state index is 0.0572. The van der Waals surface area contributed by atoms with Crippen LogP contribution in [0.1, 0.15) is 50.4 Å². The van der Waals surface area contributed by atoms with E-state index in [1.54, 1.807) is 18.2 Å². The number of ether oxygens (including phenoxy) is 1. The fraction of sp³-hybridized carbons (Fsp3) is 0.526. The second-order valence-corrected chi connectivity index (χ2v) is 7.77. The standard InChI is InChI=1S/C19H25N3O3/c1-18(2)13-7-8-19(18,3)15(10-13)21-22-16(23)11-25-14-6-4-5-12(9-14)17(20)24/h4-6,9,13H,7-8,10-11H2,1-3H3,(H2,20,24)(H,22,23). The Hall–Kier alpha value is -2.37. The topological polar surface area (TPSA) is 93.8 Å². The molecule has 0 aromatic heterocycles. The molecular formula is C19H25N3O3. The predicted molar refractivity (Wildman–Crippen MR) is 95.3 cm³/mol. The molecule has 0 saturated heterocycles. The molecule has 2 saturated carbocycles. The van der Waals surface area contributed by atoms with Gasteiger partial charge in [0.15, 0.2) is 6.61 Å². The Morgan fingerprint density at radius 3 is 2.72 bits per heavy atom. The zero-order chi connectivity index (χ0) is 18.2. The molecule has 2 unspecified atom stereocenters. The van der Waals surface area contributed by atoms with Crippen LogP contribution in [0.2, 0.25) is 0 Å². The smallest absolute Gasteiger partial charge is 0.277 e. The van der Waals surface area contributed by atoms with Gasteiger partial charge in [-0.2, -0.15) is 5.10 Å². The third-order valence-electron chi connectivity index (χ3n) is 6.32. The SMILES string of the molecule is CC12CCC(CC1=NNC(=O)COc1cccc(C(N)=O)c1)C2(C)C. The van der Waals surface area contributed by atoms with Gasteiger partial charge in [-0.05, 0) is 48.8 Å². The lowest BCUT2D eigenvalue weighted by molar-refractivity contribution is -0.123. The average molecular weight is 343 g/mol. The molecule has 3 N–H and O–H groups in total. The number of amides is 2. The minimum Gasteiger partial charge on any atom is -0.484 e.